The third kappa shape index (κ3) is 5.34. The molecule has 0 amide bonds. The van der Waals surface area contributed by atoms with E-state index in [-0.39, 0.29) is 21.1 Å². The maximum atomic E-state index is 6.80. The van der Waals surface area contributed by atoms with Gasteiger partial charge >= 0.3 is 21.1 Å². The molecule has 0 spiro atoms. The molecule has 12 rings (SSSR count). The Balaban J connectivity index is 0.00000385. The van der Waals surface area contributed by atoms with Gasteiger partial charge in [-0.3, -0.25) is 4.57 Å². The largest absolute Gasteiger partial charge is 2.00 e. The zero-order chi connectivity index (χ0) is 37.8. The number of ether oxygens (including phenoxy) is 1. The molecule has 1 aliphatic carbocycles. The number of para-hydroxylation sites is 2. The topological polar surface area (TPSA) is 70.4 Å². The number of hydrogen-bond donors (Lipinski definition) is 0. The summed E-state index contributed by atoms with van der Waals surface area (Å²) in [5, 5.41) is 4.25. The van der Waals surface area contributed by atoms with Gasteiger partial charge in [0.05, 0.1) is 16.6 Å². The Morgan fingerprint density at radius 1 is 0.707 bits per heavy atom. The first-order valence-corrected chi connectivity index (χ1v) is 19.3. The number of aryl methyl sites for hydroxylation is 2. The van der Waals surface area contributed by atoms with Gasteiger partial charge in [-0.25, -0.2) is 9.97 Å². The molecule has 8 heteroatoms. The summed E-state index contributed by atoms with van der Waals surface area (Å²) in [4.78, 5) is 15.0. The van der Waals surface area contributed by atoms with Crippen LogP contribution in [0, 0.1) is 26.0 Å². The molecule has 5 heterocycles. The summed E-state index contributed by atoms with van der Waals surface area (Å²) in [7, 11) is 0. The van der Waals surface area contributed by atoms with E-state index in [9.17, 15) is 0 Å². The van der Waals surface area contributed by atoms with E-state index in [2.05, 4.69) is 126 Å². The molecule has 0 N–H and O–H groups in total. The number of imidazole rings is 2. The number of rotatable bonds is 5. The van der Waals surface area contributed by atoms with Crippen molar-refractivity contribution in [2.75, 3.05) is 0 Å². The minimum atomic E-state index is 0. The molecule has 1 unspecified atom stereocenters. The standard InChI is InChI=1S/C50H33N5O2.Pt/c1-29-20-47(52-27-30(29)2)55-45-26-36(17-18-44(45)54-43-15-9-8-14-41(43)53-50(54)55)56-37-24-39(42-23-34-21-33(22-35(34)28-51-42)31-10-4-3-5-11-31)49-40(25-37)48-38-13-7-6-12-32(38)16-19-46(48)57-49;/h3-20,23,25,27-28,33H,21-22H2,1-2H3;/q-2;+2. The summed E-state index contributed by atoms with van der Waals surface area (Å²) in [6.07, 6.45) is 5.89. The first-order valence-electron chi connectivity index (χ1n) is 19.3. The molecule has 6 aromatic carbocycles. The van der Waals surface area contributed by atoms with Crippen LogP contribution in [0.5, 0.6) is 11.5 Å². The normalized spacial score (nSPS) is 13.9. The van der Waals surface area contributed by atoms with Crippen molar-refractivity contribution < 1.29 is 30.2 Å². The Bertz CT molecular complexity index is 3440. The van der Waals surface area contributed by atoms with Crippen molar-refractivity contribution in [1.29, 1.82) is 0 Å². The van der Waals surface area contributed by atoms with Gasteiger partial charge in [-0.1, -0.05) is 102 Å². The van der Waals surface area contributed by atoms with Gasteiger partial charge in [0.15, 0.2) is 0 Å². The molecule has 1 aliphatic rings. The van der Waals surface area contributed by atoms with Gasteiger partial charge < -0.3 is 18.5 Å². The van der Waals surface area contributed by atoms with E-state index in [1.165, 1.54) is 16.7 Å². The van der Waals surface area contributed by atoms with E-state index in [1.807, 2.05) is 42.7 Å². The second-order valence-corrected chi connectivity index (χ2v) is 15.2. The Hall–Kier alpha value is -6.56. The predicted octanol–water partition coefficient (Wildman–Crippen LogP) is 11.8. The average molecular weight is 931 g/mol. The van der Waals surface area contributed by atoms with Gasteiger partial charge in [-0.05, 0) is 112 Å². The number of nitrogens with zero attached hydrogens (tertiary/aromatic N) is 5. The number of fused-ring (bicyclic) bond motifs is 11. The van der Waals surface area contributed by atoms with E-state index in [0.29, 0.717) is 17.4 Å². The van der Waals surface area contributed by atoms with E-state index in [0.717, 1.165) is 102 Å². The van der Waals surface area contributed by atoms with Crippen molar-refractivity contribution in [1.82, 2.24) is 23.9 Å². The third-order valence-corrected chi connectivity index (χ3v) is 11.8. The molecule has 7 nitrogen and oxygen atoms in total. The van der Waals surface area contributed by atoms with Crippen LogP contribution in [0.25, 0.3) is 77.6 Å². The first-order chi connectivity index (χ1) is 28.0. The summed E-state index contributed by atoms with van der Waals surface area (Å²) < 4.78 is 17.7. The quantitative estimate of drug-likeness (QED) is 0.161. The smallest absolute Gasteiger partial charge is 0.503 e. The van der Waals surface area contributed by atoms with E-state index in [4.69, 9.17) is 24.1 Å². The maximum absolute atomic E-state index is 6.80. The summed E-state index contributed by atoms with van der Waals surface area (Å²) in [5.74, 6) is 3.06. The van der Waals surface area contributed by atoms with Gasteiger partial charge in [0, 0.05) is 29.3 Å². The molecule has 0 radical (unpaired) electrons. The van der Waals surface area contributed by atoms with Crippen LogP contribution in [-0.4, -0.2) is 23.9 Å². The number of pyridine rings is 2. The van der Waals surface area contributed by atoms with Gasteiger partial charge in [0.25, 0.3) is 0 Å². The summed E-state index contributed by atoms with van der Waals surface area (Å²) in [6, 6.07) is 49.2. The molecule has 0 saturated heterocycles. The Kier molecular flexibility index (Phi) is 7.92. The van der Waals surface area contributed by atoms with Gasteiger partial charge in [-0.15, -0.1) is 18.2 Å². The fraction of sp³-hybridized carbons (Fsp3) is 0.100. The fourth-order valence-corrected chi connectivity index (χ4v) is 8.83. The van der Waals surface area contributed by atoms with Crippen LogP contribution in [-0.2, 0) is 33.9 Å². The molecular formula is C50H33N5O2Pt. The van der Waals surface area contributed by atoms with Crippen LogP contribution in [0.3, 0.4) is 0 Å². The Morgan fingerprint density at radius 2 is 1.53 bits per heavy atom. The van der Waals surface area contributed by atoms with Crippen LogP contribution >= 0.6 is 0 Å². The Labute approximate surface area is 347 Å². The van der Waals surface area contributed by atoms with Crippen LogP contribution in [0.4, 0.5) is 0 Å². The van der Waals surface area contributed by atoms with Crippen LogP contribution in [0.15, 0.2) is 138 Å². The van der Waals surface area contributed by atoms with Crippen molar-refractivity contribution in [2.24, 2.45) is 0 Å². The van der Waals surface area contributed by atoms with Crippen molar-refractivity contribution in [2.45, 2.75) is 32.6 Å². The molecule has 58 heavy (non-hydrogen) atoms. The first kappa shape index (κ1) is 34.7. The minimum Gasteiger partial charge on any atom is -0.503 e. The number of benzene rings is 6. The summed E-state index contributed by atoms with van der Waals surface area (Å²) in [6.45, 7) is 4.18. The van der Waals surface area contributed by atoms with E-state index < -0.39 is 0 Å². The third-order valence-electron chi connectivity index (χ3n) is 11.8. The van der Waals surface area contributed by atoms with E-state index >= 15 is 0 Å². The van der Waals surface area contributed by atoms with Crippen LogP contribution in [0.1, 0.15) is 33.7 Å². The molecule has 0 fully saturated rings. The van der Waals surface area contributed by atoms with E-state index in [1.54, 1.807) is 0 Å². The second kappa shape index (κ2) is 13.3. The van der Waals surface area contributed by atoms with Gasteiger partial charge in [-0.2, -0.15) is 0 Å². The summed E-state index contributed by atoms with van der Waals surface area (Å²) in [5.41, 5.74) is 13.0. The molecule has 0 bridgehead atoms. The van der Waals surface area contributed by atoms with Crippen LogP contribution in [0.2, 0.25) is 0 Å². The molecule has 11 aromatic rings. The number of hydrogen-bond acceptors (Lipinski definition) is 5. The molecular weight excluding hydrogens is 898 g/mol. The summed E-state index contributed by atoms with van der Waals surface area (Å²) >= 11 is 0. The molecule has 0 saturated carbocycles. The minimum absolute atomic E-state index is 0. The maximum Gasteiger partial charge on any atom is 2.00 e. The molecule has 0 aliphatic heterocycles. The molecule has 5 aromatic heterocycles. The van der Waals surface area contributed by atoms with Crippen molar-refractivity contribution in [3.8, 4) is 28.6 Å². The Morgan fingerprint density at radius 3 is 2.43 bits per heavy atom. The predicted molar refractivity (Wildman–Crippen MR) is 226 cm³/mol. The zero-order valence-electron chi connectivity index (χ0n) is 31.6. The average Bonchev–Trinajstić information content (AvgIpc) is 4.01. The van der Waals surface area contributed by atoms with Crippen molar-refractivity contribution in [3.63, 3.8) is 0 Å². The number of aromatic nitrogens is 5. The van der Waals surface area contributed by atoms with Gasteiger partial charge in [0.2, 0.25) is 5.78 Å². The SMILES string of the molecule is Cc1cnc(-n2c3[c-]c(Oc4[c-]c(-c5cc6c(cn5)CC(c5ccccc5)C6)c5oc6ccc7ccccc7c6c5c4)ccc3n3c4ccccc4nc23)cc1C.[Pt+2]. The molecule has 280 valence electrons. The van der Waals surface area contributed by atoms with Crippen molar-refractivity contribution in [3.05, 3.63) is 174 Å². The number of furan rings is 1. The monoisotopic (exact) mass is 930 g/mol. The fourth-order valence-electron chi connectivity index (χ4n) is 8.83. The van der Waals surface area contributed by atoms with Gasteiger partial charge in [0.1, 0.15) is 11.4 Å². The van der Waals surface area contributed by atoms with Crippen molar-refractivity contribution >= 4 is 60.6 Å². The molecule has 1 atom stereocenters. The van der Waals surface area contributed by atoms with Crippen LogP contribution < -0.4 is 4.74 Å². The second-order valence-electron chi connectivity index (χ2n) is 15.2. The zero-order valence-corrected chi connectivity index (χ0v) is 33.8.